The number of rotatable bonds is 6. The number of hydrogen-bond acceptors (Lipinski definition) is 5. The molecule has 0 saturated heterocycles. The molecule has 0 saturated carbocycles. The summed E-state index contributed by atoms with van der Waals surface area (Å²) in [4.78, 5) is 9.74. The van der Waals surface area contributed by atoms with E-state index in [4.69, 9.17) is 4.74 Å². The summed E-state index contributed by atoms with van der Waals surface area (Å²) >= 11 is 1.69. The van der Waals surface area contributed by atoms with E-state index in [1.807, 2.05) is 24.5 Å². The number of aromatic nitrogens is 2. The van der Waals surface area contributed by atoms with Gasteiger partial charge in [0.1, 0.15) is 5.01 Å². The fraction of sp³-hybridized carbons (Fsp3) is 0.385. The van der Waals surface area contributed by atoms with E-state index in [-0.39, 0.29) is 0 Å². The summed E-state index contributed by atoms with van der Waals surface area (Å²) in [7, 11) is 1.71. The lowest BCUT2D eigenvalue weighted by Gasteiger charge is -2.10. The van der Waals surface area contributed by atoms with Crippen LogP contribution in [0.15, 0.2) is 30.7 Å². The summed E-state index contributed by atoms with van der Waals surface area (Å²) in [6, 6.07) is 4.30. The topological polar surface area (TPSA) is 47.0 Å². The highest BCUT2D eigenvalue weighted by Gasteiger charge is 2.06. The van der Waals surface area contributed by atoms with Crippen LogP contribution in [0.2, 0.25) is 0 Å². The van der Waals surface area contributed by atoms with E-state index in [0.717, 1.165) is 17.1 Å². The Bertz CT molecular complexity index is 472. The number of hydrogen-bond donors (Lipinski definition) is 1. The van der Waals surface area contributed by atoms with Gasteiger partial charge in [-0.15, -0.1) is 11.3 Å². The first-order valence-corrected chi connectivity index (χ1v) is 6.68. The molecule has 0 radical (unpaired) electrons. The molecule has 96 valence electrons. The van der Waals surface area contributed by atoms with Gasteiger partial charge in [-0.25, -0.2) is 4.98 Å². The van der Waals surface area contributed by atoms with Gasteiger partial charge in [-0.05, 0) is 19.1 Å². The van der Waals surface area contributed by atoms with Gasteiger partial charge in [0.25, 0.3) is 0 Å². The second kappa shape index (κ2) is 6.58. The van der Waals surface area contributed by atoms with Gasteiger partial charge in [-0.3, -0.25) is 4.98 Å². The number of methoxy groups -OCH3 is 1. The second-order valence-corrected chi connectivity index (χ2v) is 5.23. The Hall–Kier alpha value is -1.30. The van der Waals surface area contributed by atoms with Crippen LogP contribution in [-0.2, 0) is 11.3 Å². The third-order valence-corrected chi connectivity index (χ3v) is 3.55. The lowest BCUT2D eigenvalue weighted by Crippen LogP contribution is -2.29. The van der Waals surface area contributed by atoms with Gasteiger partial charge in [0.05, 0.1) is 6.61 Å². The molecule has 2 rings (SSSR count). The van der Waals surface area contributed by atoms with E-state index in [1.165, 1.54) is 4.88 Å². The van der Waals surface area contributed by atoms with Crippen molar-refractivity contribution in [3.63, 3.8) is 0 Å². The van der Waals surface area contributed by atoms with Crippen LogP contribution in [0.1, 0.15) is 11.8 Å². The van der Waals surface area contributed by atoms with Crippen LogP contribution < -0.4 is 5.32 Å². The molecule has 18 heavy (non-hydrogen) atoms. The van der Waals surface area contributed by atoms with Crippen LogP contribution in [0.5, 0.6) is 0 Å². The van der Waals surface area contributed by atoms with Crippen molar-refractivity contribution >= 4 is 11.3 Å². The van der Waals surface area contributed by atoms with E-state index in [2.05, 4.69) is 22.2 Å². The van der Waals surface area contributed by atoms with E-state index < -0.39 is 0 Å². The number of nitrogens with zero attached hydrogens (tertiary/aromatic N) is 2. The lowest BCUT2D eigenvalue weighted by molar-refractivity contribution is 0.172. The second-order valence-electron chi connectivity index (χ2n) is 4.11. The molecule has 0 unspecified atom stereocenters. The fourth-order valence-electron chi connectivity index (χ4n) is 1.60. The molecule has 2 heterocycles. The van der Waals surface area contributed by atoms with Crippen molar-refractivity contribution in [3.8, 4) is 10.6 Å². The van der Waals surface area contributed by atoms with Crippen LogP contribution >= 0.6 is 11.3 Å². The summed E-state index contributed by atoms with van der Waals surface area (Å²) in [6.45, 7) is 3.64. The van der Waals surface area contributed by atoms with Crippen LogP contribution in [0.3, 0.4) is 0 Å². The molecule has 0 fully saturated rings. The highest BCUT2D eigenvalue weighted by atomic mass is 32.1. The number of nitrogens with one attached hydrogen (secondary N) is 1. The minimum atomic E-state index is 0.346. The van der Waals surface area contributed by atoms with Gasteiger partial charge >= 0.3 is 0 Å². The maximum absolute atomic E-state index is 5.08. The predicted octanol–water partition coefficient (Wildman–Crippen LogP) is 2.33. The molecular weight excluding hydrogens is 246 g/mol. The van der Waals surface area contributed by atoms with E-state index in [1.54, 1.807) is 24.6 Å². The molecule has 2 aromatic heterocycles. The molecule has 1 atom stereocenters. The van der Waals surface area contributed by atoms with Crippen LogP contribution in [-0.4, -0.2) is 29.7 Å². The minimum absolute atomic E-state index is 0.346. The van der Waals surface area contributed by atoms with Gasteiger partial charge in [0, 0.05) is 48.7 Å². The molecule has 0 aliphatic carbocycles. The maximum atomic E-state index is 5.08. The van der Waals surface area contributed by atoms with Gasteiger partial charge in [-0.1, -0.05) is 0 Å². The van der Waals surface area contributed by atoms with Gasteiger partial charge in [0.15, 0.2) is 0 Å². The zero-order valence-corrected chi connectivity index (χ0v) is 11.4. The molecule has 1 N–H and O–H groups in total. The maximum Gasteiger partial charge on any atom is 0.125 e. The van der Waals surface area contributed by atoms with E-state index >= 15 is 0 Å². The molecular formula is C13H17N3OS. The van der Waals surface area contributed by atoms with Crippen molar-refractivity contribution in [2.24, 2.45) is 0 Å². The molecule has 0 aliphatic rings. The van der Waals surface area contributed by atoms with Crippen molar-refractivity contribution in [3.05, 3.63) is 35.6 Å². The van der Waals surface area contributed by atoms with Crippen LogP contribution in [0, 0.1) is 0 Å². The smallest absolute Gasteiger partial charge is 0.125 e. The zero-order chi connectivity index (χ0) is 12.8. The monoisotopic (exact) mass is 263 g/mol. The molecule has 0 spiro atoms. The summed E-state index contributed by atoms with van der Waals surface area (Å²) in [5, 5.41) is 4.41. The normalized spacial score (nSPS) is 12.6. The van der Waals surface area contributed by atoms with Gasteiger partial charge in [0.2, 0.25) is 0 Å². The van der Waals surface area contributed by atoms with Gasteiger partial charge < -0.3 is 10.1 Å². The summed E-state index contributed by atoms with van der Waals surface area (Å²) < 4.78 is 5.08. The number of thiazole rings is 1. The van der Waals surface area contributed by atoms with Crippen molar-refractivity contribution in [1.82, 2.24) is 15.3 Å². The van der Waals surface area contributed by atoms with E-state index in [9.17, 15) is 0 Å². The molecule has 0 aliphatic heterocycles. The number of pyridine rings is 1. The molecule has 4 nitrogen and oxygen atoms in total. The fourth-order valence-corrected chi connectivity index (χ4v) is 2.45. The lowest BCUT2D eigenvalue weighted by atomic mass is 10.3. The van der Waals surface area contributed by atoms with Crippen molar-refractivity contribution in [1.29, 1.82) is 0 Å². The minimum Gasteiger partial charge on any atom is -0.383 e. The SMILES string of the molecule is COC[C@H](C)NCc1cnc(-c2cccnc2)s1. The third kappa shape index (κ3) is 3.60. The Kier molecular flexibility index (Phi) is 4.81. The Morgan fingerprint density at radius 1 is 1.44 bits per heavy atom. The van der Waals surface area contributed by atoms with Gasteiger partial charge in [-0.2, -0.15) is 0 Å². The largest absolute Gasteiger partial charge is 0.383 e. The Labute approximate surface area is 111 Å². The van der Waals surface area contributed by atoms with Crippen molar-refractivity contribution in [2.45, 2.75) is 19.5 Å². The Morgan fingerprint density at radius 2 is 2.33 bits per heavy atom. The van der Waals surface area contributed by atoms with Crippen LogP contribution in [0.25, 0.3) is 10.6 Å². The van der Waals surface area contributed by atoms with Crippen molar-refractivity contribution in [2.75, 3.05) is 13.7 Å². The zero-order valence-electron chi connectivity index (χ0n) is 10.6. The summed E-state index contributed by atoms with van der Waals surface area (Å²) in [6.07, 6.45) is 5.52. The highest BCUT2D eigenvalue weighted by molar-refractivity contribution is 7.15. The summed E-state index contributed by atoms with van der Waals surface area (Å²) in [5.74, 6) is 0. The first-order chi connectivity index (χ1) is 8.79. The molecule has 0 amide bonds. The van der Waals surface area contributed by atoms with Crippen LogP contribution in [0.4, 0.5) is 0 Å². The standard InChI is InChI=1S/C13H17N3OS/c1-10(9-17-2)15-7-12-8-16-13(18-12)11-4-3-5-14-6-11/h3-6,8,10,15H,7,9H2,1-2H3/t10-/m0/s1. The Morgan fingerprint density at radius 3 is 3.06 bits per heavy atom. The molecule has 2 aromatic rings. The molecule has 5 heteroatoms. The Balaban J connectivity index is 1.95. The average molecular weight is 263 g/mol. The first kappa shape index (κ1) is 13.1. The van der Waals surface area contributed by atoms with E-state index in [0.29, 0.717) is 12.6 Å². The third-order valence-electron chi connectivity index (χ3n) is 2.50. The average Bonchev–Trinajstić information content (AvgIpc) is 2.87. The molecule has 0 bridgehead atoms. The number of ether oxygens (including phenoxy) is 1. The first-order valence-electron chi connectivity index (χ1n) is 5.87. The quantitative estimate of drug-likeness (QED) is 0.869. The summed E-state index contributed by atoms with van der Waals surface area (Å²) in [5.41, 5.74) is 1.07. The van der Waals surface area contributed by atoms with Crippen molar-refractivity contribution < 1.29 is 4.74 Å². The highest BCUT2D eigenvalue weighted by Crippen LogP contribution is 2.23. The molecule has 0 aromatic carbocycles. The predicted molar refractivity (Wildman–Crippen MR) is 73.5 cm³/mol.